The summed E-state index contributed by atoms with van der Waals surface area (Å²) in [7, 11) is -2.14. The molecule has 0 aliphatic heterocycles. The van der Waals surface area contributed by atoms with Gasteiger partial charge in [0.1, 0.15) is 5.75 Å². The Balaban J connectivity index is 2.29. The lowest BCUT2D eigenvalue weighted by atomic mass is 10.1. The van der Waals surface area contributed by atoms with Crippen LogP contribution in [0, 0.1) is 6.92 Å². The van der Waals surface area contributed by atoms with Crippen LogP contribution in [0.1, 0.15) is 55.1 Å². The predicted octanol–water partition coefficient (Wildman–Crippen LogP) is 4.13. The highest BCUT2D eigenvalue weighted by Gasteiger charge is 2.23. The van der Waals surface area contributed by atoms with Crippen molar-refractivity contribution in [3.8, 4) is 5.75 Å². The van der Waals surface area contributed by atoms with Gasteiger partial charge in [0, 0.05) is 30.8 Å². The van der Waals surface area contributed by atoms with Crippen molar-refractivity contribution in [2.75, 3.05) is 13.7 Å². The normalized spacial score (nSPS) is 12.6. The molecule has 0 saturated heterocycles. The van der Waals surface area contributed by atoms with Gasteiger partial charge in [0.05, 0.1) is 11.5 Å². The van der Waals surface area contributed by atoms with Crippen molar-refractivity contribution >= 4 is 15.9 Å². The molecule has 0 aromatic heterocycles. The number of aryl methyl sites for hydroxylation is 1. The molecule has 2 rings (SSSR count). The third kappa shape index (κ3) is 6.06. The Kier molecular flexibility index (Phi) is 8.43. The molecule has 1 amide bonds. The lowest BCUT2D eigenvalue weighted by Crippen LogP contribution is -2.32. The molecule has 30 heavy (non-hydrogen) atoms. The Labute approximate surface area is 180 Å². The molecule has 1 atom stereocenters. The standard InChI is InChI=1S/C23H32N2O4S/c1-6-8-18(4)24-23(26)19-11-14-22(29-7-2)20(15-19)16-25(5)30(27,28)21-12-9-17(3)10-13-21/h9-15,18H,6-8,16H2,1-5H3,(H,24,26). The zero-order chi connectivity index (χ0) is 22.3. The summed E-state index contributed by atoms with van der Waals surface area (Å²) in [6.45, 7) is 8.36. The van der Waals surface area contributed by atoms with E-state index >= 15 is 0 Å². The van der Waals surface area contributed by atoms with E-state index in [9.17, 15) is 13.2 Å². The molecule has 0 fully saturated rings. The van der Waals surface area contributed by atoms with Crippen LogP contribution >= 0.6 is 0 Å². The van der Waals surface area contributed by atoms with Crippen LogP contribution < -0.4 is 10.1 Å². The molecule has 0 heterocycles. The average molecular weight is 433 g/mol. The molecule has 0 spiro atoms. The number of ether oxygens (including phenoxy) is 1. The van der Waals surface area contributed by atoms with Gasteiger partial charge in [-0.3, -0.25) is 4.79 Å². The molecule has 0 saturated carbocycles. The van der Waals surface area contributed by atoms with Crippen LogP contribution in [0.15, 0.2) is 47.4 Å². The molecule has 1 N–H and O–H groups in total. The van der Waals surface area contributed by atoms with E-state index in [0.717, 1.165) is 18.4 Å². The van der Waals surface area contributed by atoms with Crippen molar-refractivity contribution in [2.24, 2.45) is 0 Å². The number of carbonyl (C=O) groups excluding carboxylic acids is 1. The minimum absolute atomic E-state index is 0.0714. The summed E-state index contributed by atoms with van der Waals surface area (Å²) >= 11 is 0. The summed E-state index contributed by atoms with van der Waals surface area (Å²) < 4.78 is 32.9. The number of nitrogens with zero attached hydrogens (tertiary/aromatic N) is 1. The fourth-order valence-electron chi connectivity index (χ4n) is 3.17. The molecule has 164 valence electrons. The Hall–Kier alpha value is -2.38. The highest BCUT2D eigenvalue weighted by Crippen LogP contribution is 2.25. The smallest absolute Gasteiger partial charge is 0.251 e. The summed E-state index contributed by atoms with van der Waals surface area (Å²) in [6.07, 6.45) is 1.88. The fraction of sp³-hybridized carbons (Fsp3) is 0.435. The minimum Gasteiger partial charge on any atom is -0.494 e. The minimum atomic E-state index is -3.67. The van der Waals surface area contributed by atoms with Crippen molar-refractivity contribution in [1.82, 2.24) is 9.62 Å². The summed E-state index contributed by atoms with van der Waals surface area (Å²) in [6, 6.07) is 12.0. The van der Waals surface area contributed by atoms with Gasteiger partial charge in [0.25, 0.3) is 5.91 Å². The fourth-order valence-corrected chi connectivity index (χ4v) is 4.32. The Morgan fingerprint density at radius 2 is 1.80 bits per heavy atom. The van der Waals surface area contributed by atoms with E-state index in [0.29, 0.717) is 23.5 Å². The molecule has 6 nitrogen and oxygen atoms in total. The molecule has 1 unspecified atom stereocenters. The number of nitrogens with one attached hydrogen (secondary N) is 1. The van der Waals surface area contributed by atoms with Gasteiger partial charge in [-0.25, -0.2) is 8.42 Å². The van der Waals surface area contributed by atoms with Gasteiger partial charge in [-0.05, 0) is 57.5 Å². The number of sulfonamides is 1. The van der Waals surface area contributed by atoms with E-state index in [2.05, 4.69) is 12.2 Å². The molecule has 2 aromatic rings. The second-order valence-corrected chi connectivity index (χ2v) is 9.54. The third-order valence-corrected chi connectivity index (χ3v) is 6.66. The molecular formula is C23H32N2O4S. The first-order valence-corrected chi connectivity index (χ1v) is 11.7. The summed E-state index contributed by atoms with van der Waals surface area (Å²) in [5, 5.41) is 2.98. The largest absolute Gasteiger partial charge is 0.494 e. The number of hydrogen-bond donors (Lipinski definition) is 1. The van der Waals surface area contributed by atoms with Gasteiger partial charge >= 0.3 is 0 Å². The quantitative estimate of drug-likeness (QED) is 0.612. The molecule has 2 aromatic carbocycles. The van der Waals surface area contributed by atoms with E-state index in [1.54, 1.807) is 42.5 Å². The van der Waals surface area contributed by atoms with Crippen LogP contribution in [0.4, 0.5) is 0 Å². The van der Waals surface area contributed by atoms with Gasteiger partial charge in [0.15, 0.2) is 0 Å². The van der Waals surface area contributed by atoms with Crippen molar-refractivity contribution < 1.29 is 17.9 Å². The predicted molar refractivity (Wildman–Crippen MR) is 119 cm³/mol. The third-order valence-electron chi connectivity index (χ3n) is 4.84. The van der Waals surface area contributed by atoms with Crippen LogP contribution in [0.3, 0.4) is 0 Å². The molecule has 0 bridgehead atoms. The van der Waals surface area contributed by atoms with Crippen LogP contribution in [0.2, 0.25) is 0 Å². The van der Waals surface area contributed by atoms with Crippen LogP contribution in [0.5, 0.6) is 5.75 Å². The first kappa shape index (κ1) is 23.9. The topological polar surface area (TPSA) is 75.7 Å². The molecule has 0 aliphatic rings. The van der Waals surface area contributed by atoms with Crippen LogP contribution in [-0.2, 0) is 16.6 Å². The molecule has 0 radical (unpaired) electrons. The number of benzene rings is 2. The number of rotatable bonds is 10. The maximum atomic E-state index is 13.0. The summed E-state index contributed by atoms with van der Waals surface area (Å²) in [5.74, 6) is 0.394. The first-order valence-electron chi connectivity index (χ1n) is 10.3. The number of amides is 1. The van der Waals surface area contributed by atoms with Crippen molar-refractivity contribution in [1.29, 1.82) is 0 Å². The van der Waals surface area contributed by atoms with E-state index in [1.165, 1.54) is 11.4 Å². The van der Waals surface area contributed by atoms with E-state index < -0.39 is 10.0 Å². The Morgan fingerprint density at radius 1 is 1.13 bits per heavy atom. The Morgan fingerprint density at radius 3 is 2.40 bits per heavy atom. The number of carbonyl (C=O) groups is 1. The summed E-state index contributed by atoms with van der Waals surface area (Å²) in [4.78, 5) is 12.8. The lowest BCUT2D eigenvalue weighted by Gasteiger charge is -2.20. The summed E-state index contributed by atoms with van der Waals surface area (Å²) in [5.41, 5.74) is 2.12. The van der Waals surface area contributed by atoms with Gasteiger partial charge in [0.2, 0.25) is 10.0 Å². The van der Waals surface area contributed by atoms with Crippen molar-refractivity contribution in [3.05, 3.63) is 59.2 Å². The van der Waals surface area contributed by atoms with Gasteiger partial charge < -0.3 is 10.1 Å². The van der Waals surface area contributed by atoms with Crippen LogP contribution in [0.25, 0.3) is 0 Å². The highest BCUT2D eigenvalue weighted by atomic mass is 32.2. The number of hydrogen-bond acceptors (Lipinski definition) is 4. The molecule has 0 aliphatic carbocycles. The second-order valence-electron chi connectivity index (χ2n) is 7.49. The first-order chi connectivity index (χ1) is 14.2. The SMILES string of the molecule is CCCC(C)NC(=O)c1ccc(OCC)c(CN(C)S(=O)(=O)c2ccc(C)cc2)c1. The van der Waals surface area contributed by atoms with E-state index in [1.807, 2.05) is 20.8 Å². The maximum absolute atomic E-state index is 13.0. The van der Waals surface area contributed by atoms with E-state index in [4.69, 9.17) is 4.74 Å². The zero-order valence-corrected chi connectivity index (χ0v) is 19.3. The van der Waals surface area contributed by atoms with Crippen molar-refractivity contribution in [2.45, 2.75) is 58.0 Å². The lowest BCUT2D eigenvalue weighted by molar-refractivity contribution is 0.0938. The van der Waals surface area contributed by atoms with E-state index in [-0.39, 0.29) is 23.4 Å². The van der Waals surface area contributed by atoms with Gasteiger partial charge in [-0.15, -0.1) is 0 Å². The van der Waals surface area contributed by atoms with Gasteiger partial charge in [-0.2, -0.15) is 4.31 Å². The Bertz CT molecular complexity index is 956. The second kappa shape index (κ2) is 10.6. The molecular weight excluding hydrogens is 400 g/mol. The zero-order valence-electron chi connectivity index (χ0n) is 18.4. The highest BCUT2D eigenvalue weighted by molar-refractivity contribution is 7.89. The van der Waals surface area contributed by atoms with Gasteiger partial charge in [-0.1, -0.05) is 31.0 Å². The maximum Gasteiger partial charge on any atom is 0.251 e. The average Bonchev–Trinajstić information content (AvgIpc) is 2.69. The van der Waals surface area contributed by atoms with Crippen LogP contribution in [-0.4, -0.2) is 38.3 Å². The molecule has 7 heteroatoms. The monoisotopic (exact) mass is 432 g/mol. The van der Waals surface area contributed by atoms with Crippen molar-refractivity contribution in [3.63, 3.8) is 0 Å².